The highest BCUT2D eigenvalue weighted by molar-refractivity contribution is 9.10. The Hall–Kier alpha value is -10.0. The Balaban J connectivity index is 0.000000137. The van der Waals surface area contributed by atoms with Gasteiger partial charge in [-0.15, -0.1) is 30.6 Å². The molecule has 0 atom stereocenters. The first-order valence-corrected chi connectivity index (χ1v) is 36.9. The Morgan fingerprint density at radius 3 is 1.10 bits per heavy atom. The number of nitrogens with zero attached hydrogens (tertiary/aromatic N) is 20. The fourth-order valence-corrected chi connectivity index (χ4v) is 11.9. The summed E-state index contributed by atoms with van der Waals surface area (Å²) in [5, 5.41) is 52.5. The zero-order valence-electron chi connectivity index (χ0n) is 63.8. The van der Waals surface area contributed by atoms with Gasteiger partial charge in [0.15, 0.2) is 45.9 Å². The summed E-state index contributed by atoms with van der Waals surface area (Å²) in [7, 11) is -0.952. The number of fused-ring (bicyclic) bond motifs is 3. The average Bonchev–Trinajstić information content (AvgIpc) is 1.80. The molecule has 9 aromatic heterocycles. The van der Waals surface area contributed by atoms with Crippen molar-refractivity contribution in [2.24, 2.45) is 0 Å². The van der Waals surface area contributed by atoms with Gasteiger partial charge in [0.1, 0.15) is 6.61 Å². The van der Waals surface area contributed by atoms with E-state index in [0.29, 0.717) is 62.3 Å². The SMILES string of the molecule is CC1(C)OB(B2OC(C)(C)C(C)(C)O2)OC1(C)C.Cc1ccc2nnc(C(F)(F)c3cccc(-c4ncc(Br)cn4)c3)n2n1.Cc1ccc2nnc(C(F)(F)c3cccc(-c4ncc(O)cn4)c3)n2n1.Cc1ccc2nnc(C(F)(F)c3cccc(-c4ncc(OCCN5CCOCC5)cn4)c3)n2n1.OCCN1CCOCC1. The Bertz CT molecular complexity index is 4980. The summed E-state index contributed by atoms with van der Waals surface area (Å²) in [6.07, 6.45) is 8.62. The molecule has 16 rings (SSSR count). The molecule has 3 aromatic carbocycles. The van der Waals surface area contributed by atoms with Crippen LogP contribution in [0.15, 0.2) is 151 Å². The van der Waals surface area contributed by atoms with Gasteiger partial charge >= 0.3 is 31.8 Å². The van der Waals surface area contributed by atoms with Crippen LogP contribution in [0.2, 0.25) is 0 Å². The quantitative estimate of drug-likeness (QED) is 0.0670. The Labute approximate surface area is 655 Å². The Morgan fingerprint density at radius 2 is 0.761 bits per heavy atom. The van der Waals surface area contributed by atoms with E-state index in [4.69, 9.17) is 37.9 Å². The normalized spacial score (nSPS) is 16.8. The highest BCUT2D eigenvalue weighted by atomic mass is 79.9. The number of hydrogen-bond acceptors (Lipinski definition) is 26. The van der Waals surface area contributed by atoms with Crippen LogP contribution in [0.5, 0.6) is 11.5 Å². The van der Waals surface area contributed by atoms with Gasteiger partial charge in [0, 0.05) is 85.0 Å². The first-order valence-electron chi connectivity index (χ1n) is 36.1. The third-order valence-corrected chi connectivity index (χ3v) is 19.8. The second-order valence-electron chi connectivity index (χ2n) is 28.7. The molecule has 4 aliphatic heterocycles. The number of benzene rings is 3. The lowest BCUT2D eigenvalue weighted by Gasteiger charge is -2.32. The van der Waals surface area contributed by atoms with Crippen molar-refractivity contribution in [1.29, 1.82) is 0 Å². The van der Waals surface area contributed by atoms with Gasteiger partial charge in [0.25, 0.3) is 0 Å². The van der Waals surface area contributed by atoms with Gasteiger partial charge in [-0.05, 0) is 147 Å². The van der Waals surface area contributed by atoms with E-state index in [1.807, 2.05) is 55.4 Å². The van der Waals surface area contributed by atoms with E-state index in [-0.39, 0.29) is 74.2 Å². The number of morpholine rings is 2. The smallest absolute Gasteiger partial charge is 0.488 e. The van der Waals surface area contributed by atoms with Gasteiger partial charge in [-0.1, -0.05) is 54.6 Å². The third-order valence-electron chi connectivity index (χ3n) is 19.4. The maximum absolute atomic E-state index is 15.4. The van der Waals surface area contributed by atoms with Gasteiger partial charge < -0.3 is 43.0 Å². The molecular weight excluding hydrogens is 1540 g/mol. The van der Waals surface area contributed by atoms with E-state index >= 15 is 26.3 Å². The van der Waals surface area contributed by atoms with Crippen LogP contribution in [-0.4, -0.2) is 225 Å². The van der Waals surface area contributed by atoms with E-state index in [1.165, 1.54) is 67.0 Å². The van der Waals surface area contributed by atoms with E-state index in [9.17, 15) is 5.11 Å². The molecule has 0 amide bonds. The molecule has 13 heterocycles. The lowest BCUT2D eigenvalue weighted by atomic mass is 9.49. The van der Waals surface area contributed by atoms with Crippen molar-refractivity contribution in [3.05, 3.63) is 202 Å². The minimum atomic E-state index is -3.42. The molecule has 0 aliphatic carbocycles. The van der Waals surface area contributed by atoms with Crippen molar-refractivity contribution in [2.75, 3.05) is 78.9 Å². The summed E-state index contributed by atoms with van der Waals surface area (Å²) in [4.78, 5) is 29.2. The Morgan fingerprint density at radius 1 is 0.442 bits per heavy atom. The number of rotatable bonds is 16. The first kappa shape index (κ1) is 82.4. The topological polar surface area (TPSA) is 318 Å². The number of aliphatic hydroxyl groups excluding tert-OH is 1. The molecule has 113 heavy (non-hydrogen) atoms. The number of hydrogen-bond donors (Lipinski definition) is 2. The molecule has 4 fully saturated rings. The van der Waals surface area contributed by atoms with E-state index in [1.54, 1.807) is 100 Å². The van der Waals surface area contributed by atoms with Gasteiger partial charge in [-0.2, -0.15) is 55.2 Å². The summed E-state index contributed by atoms with van der Waals surface area (Å²) in [5.74, 6) is -10.6. The molecule has 12 aromatic rings. The zero-order chi connectivity index (χ0) is 80.7. The lowest BCUT2D eigenvalue weighted by molar-refractivity contribution is 0.00578. The first-order chi connectivity index (χ1) is 53.7. The van der Waals surface area contributed by atoms with E-state index < -0.39 is 49.3 Å². The maximum Gasteiger partial charge on any atom is 0.488 e. The number of aryl methyl sites for hydroxylation is 3. The van der Waals surface area contributed by atoms with Crippen LogP contribution < -0.4 is 4.74 Å². The van der Waals surface area contributed by atoms with Crippen molar-refractivity contribution in [3.8, 4) is 45.7 Å². The summed E-state index contributed by atoms with van der Waals surface area (Å²) in [6, 6.07) is 27.3. The molecule has 0 spiro atoms. The fraction of sp³-hybridized carbons (Fsp3) is 0.400. The summed E-state index contributed by atoms with van der Waals surface area (Å²) >= 11 is 3.25. The minimum Gasteiger partial charge on any atom is -0.505 e. The van der Waals surface area contributed by atoms with Crippen molar-refractivity contribution < 1.29 is 69.4 Å². The number of aromatic hydroxyl groups is 1. The van der Waals surface area contributed by atoms with Gasteiger partial charge in [-0.25, -0.2) is 29.9 Å². The molecule has 592 valence electrons. The number of ether oxygens (including phenoxy) is 3. The summed E-state index contributed by atoms with van der Waals surface area (Å²) in [6.45, 7) is 30.5. The number of aromatic nitrogens is 18. The molecule has 0 saturated carbocycles. The van der Waals surface area contributed by atoms with Gasteiger partial charge in [0.2, 0.25) is 17.5 Å². The van der Waals surface area contributed by atoms with Crippen LogP contribution in [0.25, 0.3) is 51.1 Å². The number of β-amino-alcohol motifs (C(OH)–C–C–N with tert-alkyl or cyclic N) is 1. The predicted molar refractivity (Wildman–Crippen MR) is 407 cm³/mol. The van der Waals surface area contributed by atoms with Crippen molar-refractivity contribution in [3.63, 3.8) is 0 Å². The standard InChI is InChI=1S/C23H23F2N7O2.C17H11BrF2N6.C17H12F2N6O.C12H24B2O4.C6H13NO2/c1-16-5-6-20-28-29-22(32(20)30-16)23(24,25)18-4-2-3-17(13-18)21-26-14-19(15-27-21)34-12-9-31-7-10-33-11-8-31;1-10-5-6-14-23-24-16(26(14)25-10)17(19,20)12-4-2-3-11(7-12)15-21-8-13(18)9-22-15;1-10-5-6-14-22-23-16(25(14)24-10)17(18,19)12-4-2-3-11(7-12)15-20-8-13(26)9-21-15;1-9(2)10(3,4)16-13(15-9)14-17-11(5,6)12(7,8)18-14;8-4-1-7-2-5-9-6-3-7/h2-6,13-15H,7-12H2,1H3;2-9H,1H3;2-9,26H,1H3;1-8H3;8H,1-6H2. The molecule has 0 radical (unpaired) electrons. The highest BCUT2D eigenvalue weighted by Crippen LogP contribution is 2.44. The van der Waals surface area contributed by atoms with Gasteiger partial charge in [-0.3, -0.25) is 9.80 Å². The maximum atomic E-state index is 15.4. The number of aliphatic hydroxyl groups is 1. The average molecular weight is 1620 g/mol. The molecule has 0 unspecified atom stereocenters. The number of halogens is 7. The second-order valence-corrected chi connectivity index (χ2v) is 29.6. The molecule has 4 aliphatic rings. The highest BCUT2D eigenvalue weighted by Gasteiger charge is 2.64. The largest absolute Gasteiger partial charge is 0.505 e. The van der Waals surface area contributed by atoms with Crippen molar-refractivity contribution in [1.82, 2.24) is 99.1 Å². The van der Waals surface area contributed by atoms with Crippen LogP contribution in [0.4, 0.5) is 26.3 Å². The molecule has 4 saturated heterocycles. The number of alkyl halides is 6. The lowest BCUT2D eigenvalue weighted by Crippen LogP contribution is -2.41. The summed E-state index contributed by atoms with van der Waals surface area (Å²) in [5.41, 5.74) is 1.60. The van der Waals surface area contributed by atoms with Crippen molar-refractivity contribution >= 4 is 46.9 Å². The summed E-state index contributed by atoms with van der Waals surface area (Å²) < 4.78 is 135. The molecule has 38 heteroatoms. The van der Waals surface area contributed by atoms with Crippen LogP contribution in [0.3, 0.4) is 0 Å². The molecule has 29 nitrogen and oxygen atoms in total. The molecule has 0 bridgehead atoms. The minimum absolute atomic E-state index is 0.105. The molecule has 2 N–H and O–H groups in total. The third kappa shape index (κ3) is 19.1. The van der Waals surface area contributed by atoms with Crippen LogP contribution >= 0.6 is 15.9 Å². The monoisotopic (exact) mass is 1620 g/mol. The fourth-order valence-electron chi connectivity index (χ4n) is 11.7. The van der Waals surface area contributed by atoms with Gasteiger partial charge in [0.05, 0.1) is 102 Å². The van der Waals surface area contributed by atoms with Crippen LogP contribution in [0.1, 0.15) is 107 Å². The van der Waals surface area contributed by atoms with E-state index in [0.717, 1.165) is 79.2 Å². The Kier molecular flexibility index (Phi) is 25.1. The van der Waals surface area contributed by atoms with Crippen LogP contribution in [0, 0.1) is 20.8 Å². The van der Waals surface area contributed by atoms with Crippen LogP contribution in [-0.2, 0) is 45.9 Å². The van der Waals surface area contributed by atoms with E-state index in [2.05, 4.69) is 102 Å². The predicted octanol–water partition coefficient (Wildman–Crippen LogP) is 10.8. The zero-order valence-corrected chi connectivity index (χ0v) is 65.4. The molecular formula is C75H83B2BrF6N20O9. The second kappa shape index (κ2) is 34.4. The van der Waals surface area contributed by atoms with Crippen molar-refractivity contribution in [2.45, 2.75) is 116 Å².